The largest absolute Gasteiger partial charge is 0.353 e. The van der Waals surface area contributed by atoms with Crippen LogP contribution in [0.5, 0.6) is 0 Å². The van der Waals surface area contributed by atoms with Crippen LogP contribution in [0.1, 0.15) is 23.5 Å². The minimum atomic E-state index is -0.224. The van der Waals surface area contributed by atoms with E-state index in [9.17, 15) is 4.39 Å². The molecule has 1 aliphatic rings. The summed E-state index contributed by atoms with van der Waals surface area (Å²) in [4.78, 5) is 4.24. The van der Waals surface area contributed by atoms with E-state index in [4.69, 9.17) is 11.6 Å². The van der Waals surface area contributed by atoms with E-state index in [0.29, 0.717) is 18.5 Å². The summed E-state index contributed by atoms with van der Waals surface area (Å²) in [6.07, 6.45) is 1.07. The van der Waals surface area contributed by atoms with Crippen molar-refractivity contribution in [2.24, 2.45) is 4.99 Å². The predicted molar refractivity (Wildman–Crippen MR) is 92.3 cm³/mol. The zero-order valence-corrected chi connectivity index (χ0v) is 13.6. The van der Waals surface area contributed by atoms with Gasteiger partial charge in [-0.2, -0.15) is 0 Å². The molecule has 0 spiro atoms. The first-order valence-electron chi connectivity index (χ1n) is 7.63. The van der Waals surface area contributed by atoms with E-state index in [0.717, 1.165) is 23.0 Å². The van der Waals surface area contributed by atoms with Crippen LogP contribution >= 0.6 is 11.6 Å². The number of benzene rings is 2. The molecule has 5 heteroatoms. The van der Waals surface area contributed by atoms with Crippen LogP contribution in [0.3, 0.4) is 0 Å². The van der Waals surface area contributed by atoms with Crippen molar-refractivity contribution in [1.82, 2.24) is 10.6 Å². The third kappa shape index (κ3) is 4.23. The molecule has 2 aromatic carbocycles. The molecule has 0 aliphatic heterocycles. The summed E-state index contributed by atoms with van der Waals surface area (Å²) < 4.78 is 12.9. The molecule has 2 unspecified atom stereocenters. The third-order valence-corrected chi connectivity index (χ3v) is 4.22. The molecule has 1 fully saturated rings. The van der Waals surface area contributed by atoms with Gasteiger partial charge in [-0.1, -0.05) is 35.9 Å². The van der Waals surface area contributed by atoms with Crippen LogP contribution in [0.15, 0.2) is 53.5 Å². The van der Waals surface area contributed by atoms with Crippen LogP contribution in [0.2, 0.25) is 5.02 Å². The van der Waals surface area contributed by atoms with Gasteiger partial charge in [0.1, 0.15) is 5.82 Å². The highest BCUT2D eigenvalue weighted by atomic mass is 35.5. The van der Waals surface area contributed by atoms with Gasteiger partial charge >= 0.3 is 0 Å². The maximum atomic E-state index is 12.9. The van der Waals surface area contributed by atoms with Crippen molar-refractivity contribution >= 4 is 17.6 Å². The summed E-state index contributed by atoms with van der Waals surface area (Å²) in [5, 5.41) is 7.43. The molecule has 3 nitrogen and oxygen atoms in total. The summed E-state index contributed by atoms with van der Waals surface area (Å²) in [6, 6.07) is 14.8. The van der Waals surface area contributed by atoms with Gasteiger partial charge < -0.3 is 10.6 Å². The fraction of sp³-hybridized carbons (Fsp3) is 0.278. The number of aliphatic imine (C=N–C) groups is 1. The summed E-state index contributed by atoms with van der Waals surface area (Å²) in [7, 11) is 1.75. The van der Waals surface area contributed by atoms with E-state index in [2.05, 4.69) is 21.7 Å². The Morgan fingerprint density at radius 3 is 2.74 bits per heavy atom. The van der Waals surface area contributed by atoms with Crippen molar-refractivity contribution in [2.45, 2.75) is 24.9 Å². The topological polar surface area (TPSA) is 36.4 Å². The number of nitrogens with zero attached hydrogens (tertiary/aromatic N) is 1. The second-order valence-electron chi connectivity index (χ2n) is 5.70. The molecule has 2 N–H and O–H groups in total. The van der Waals surface area contributed by atoms with Crippen LogP contribution in [-0.2, 0) is 6.54 Å². The monoisotopic (exact) mass is 331 g/mol. The first-order valence-corrected chi connectivity index (χ1v) is 8.00. The molecular weight excluding hydrogens is 313 g/mol. The van der Waals surface area contributed by atoms with Crippen molar-refractivity contribution in [3.63, 3.8) is 0 Å². The number of guanidine groups is 1. The highest BCUT2D eigenvalue weighted by molar-refractivity contribution is 6.30. The Morgan fingerprint density at radius 2 is 2.04 bits per heavy atom. The maximum Gasteiger partial charge on any atom is 0.191 e. The van der Waals surface area contributed by atoms with Gasteiger partial charge in [0.25, 0.3) is 0 Å². The molecule has 0 saturated heterocycles. The molecule has 0 radical (unpaired) electrons. The van der Waals surface area contributed by atoms with E-state index in [-0.39, 0.29) is 5.82 Å². The van der Waals surface area contributed by atoms with Gasteiger partial charge in [-0.05, 0) is 41.8 Å². The van der Waals surface area contributed by atoms with Crippen LogP contribution < -0.4 is 10.6 Å². The zero-order chi connectivity index (χ0) is 16.2. The Labute approximate surface area is 140 Å². The minimum Gasteiger partial charge on any atom is -0.353 e. The van der Waals surface area contributed by atoms with Gasteiger partial charge in [0.05, 0.1) is 0 Å². The summed E-state index contributed by atoms with van der Waals surface area (Å²) in [6.45, 7) is 0.606. The lowest BCUT2D eigenvalue weighted by molar-refractivity contribution is 0.626. The second-order valence-corrected chi connectivity index (χ2v) is 6.14. The standard InChI is InChI=1S/C18H19ClFN3/c1-21-18(22-11-12-5-7-15(20)8-6-12)23-17-10-16(17)13-3-2-4-14(19)9-13/h2-9,16-17H,10-11H2,1H3,(H2,21,22,23). The van der Waals surface area contributed by atoms with Crippen LogP contribution in [0, 0.1) is 5.82 Å². The van der Waals surface area contributed by atoms with Crippen molar-refractivity contribution in [1.29, 1.82) is 0 Å². The average molecular weight is 332 g/mol. The molecule has 3 rings (SSSR count). The number of hydrogen-bond donors (Lipinski definition) is 2. The minimum absolute atomic E-state index is 0.224. The van der Waals surface area contributed by atoms with E-state index >= 15 is 0 Å². The van der Waals surface area contributed by atoms with Crippen LogP contribution in [0.4, 0.5) is 4.39 Å². The molecule has 120 valence electrons. The molecule has 0 amide bonds. The smallest absolute Gasteiger partial charge is 0.191 e. The third-order valence-electron chi connectivity index (χ3n) is 3.99. The Kier molecular flexibility index (Phi) is 4.82. The molecule has 1 saturated carbocycles. The number of halogens is 2. The Balaban J connectivity index is 1.52. The second kappa shape index (κ2) is 7.01. The number of nitrogens with one attached hydrogen (secondary N) is 2. The molecular formula is C18H19ClFN3. The van der Waals surface area contributed by atoms with Crippen molar-refractivity contribution in [2.75, 3.05) is 7.05 Å². The van der Waals surface area contributed by atoms with Gasteiger partial charge in [0.15, 0.2) is 5.96 Å². The molecule has 1 aliphatic carbocycles. The van der Waals surface area contributed by atoms with E-state index in [1.54, 1.807) is 19.2 Å². The Bertz CT molecular complexity index is 700. The Hall–Kier alpha value is -2.07. The summed E-state index contributed by atoms with van der Waals surface area (Å²) in [5.41, 5.74) is 2.26. The molecule has 2 aromatic rings. The van der Waals surface area contributed by atoms with E-state index < -0.39 is 0 Å². The van der Waals surface area contributed by atoms with Crippen LogP contribution in [0.25, 0.3) is 0 Å². The first kappa shape index (κ1) is 15.8. The van der Waals surface area contributed by atoms with Gasteiger partial charge in [0, 0.05) is 30.6 Å². The quantitative estimate of drug-likeness (QED) is 0.662. The normalized spacial score (nSPS) is 20.2. The van der Waals surface area contributed by atoms with Crippen molar-refractivity contribution in [3.8, 4) is 0 Å². The SMILES string of the molecule is CN=C(NCc1ccc(F)cc1)NC1CC1c1cccc(Cl)c1. The molecule has 2 atom stereocenters. The Morgan fingerprint density at radius 1 is 1.26 bits per heavy atom. The highest BCUT2D eigenvalue weighted by Crippen LogP contribution is 2.41. The van der Waals surface area contributed by atoms with Gasteiger partial charge in [0.2, 0.25) is 0 Å². The zero-order valence-electron chi connectivity index (χ0n) is 12.9. The molecule has 0 heterocycles. The molecule has 23 heavy (non-hydrogen) atoms. The summed E-state index contributed by atoms with van der Waals surface area (Å²) >= 11 is 6.04. The lowest BCUT2D eigenvalue weighted by Gasteiger charge is -2.12. The van der Waals surface area contributed by atoms with Gasteiger partial charge in [-0.15, -0.1) is 0 Å². The predicted octanol–water partition coefficient (Wildman–Crippen LogP) is 3.70. The van der Waals surface area contributed by atoms with Crippen molar-refractivity contribution < 1.29 is 4.39 Å². The van der Waals surface area contributed by atoms with Crippen LogP contribution in [-0.4, -0.2) is 19.0 Å². The lowest BCUT2D eigenvalue weighted by atomic mass is 10.1. The van der Waals surface area contributed by atoms with Gasteiger partial charge in [-0.3, -0.25) is 4.99 Å². The fourth-order valence-electron chi connectivity index (χ4n) is 2.62. The van der Waals surface area contributed by atoms with Gasteiger partial charge in [-0.25, -0.2) is 4.39 Å². The highest BCUT2D eigenvalue weighted by Gasteiger charge is 2.39. The van der Waals surface area contributed by atoms with E-state index in [1.165, 1.54) is 17.7 Å². The number of hydrogen-bond acceptors (Lipinski definition) is 1. The van der Waals surface area contributed by atoms with E-state index in [1.807, 2.05) is 18.2 Å². The average Bonchev–Trinajstić information content (AvgIpc) is 3.32. The number of rotatable bonds is 4. The first-order chi connectivity index (χ1) is 11.2. The lowest BCUT2D eigenvalue weighted by Crippen LogP contribution is -2.38. The van der Waals surface area contributed by atoms with Crippen molar-refractivity contribution in [3.05, 3.63) is 70.5 Å². The molecule has 0 bridgehead atoms. The fourth-order valence-corrected chi connectivity index (χ4v) is 2.82. The molecule has 0 aromatic heterocycles. The maximum absolute atomic E-state index is 12.9. The summed E-state index contributed by atoms with van der Waals surface area (Å²) in [5.74, 6) is 1.00.